The molecule has 8 heteroatoms. The summed E-state index contributed by atoms with van der Waals surface area (Å²) in [6, 6.07) is 18.5. The van der Waals surface area contributed by atoms with Crippen LogP contribution in [0.2, 0.25) is 0 Å². The molecule has 3 N–H and O–H groups in total. The molecule has 33 heavy (non-hydrogen) atoms. The third-order valence-corrected chi connectivity index (χ3v) is 5.70. The molecule has 0 spiro atoms. The van der Waals surface area contributed by atoms with Gasteiger partial charge in [0.05, 0.1) is 29.1 Å². The molecule has 0 aliphatic heterocycles. The van der Waals surface area contributed by atoms with E-state index >= 15 is 0 Å². The first-order chi connectivity index (χ1) is 16.0. The Morgan fingerprint density at radius 1 is 1.15 bits per heavy atom. The zero-order chi connectivity index (χ0) is 22.9. The molecule has 2 unspecified atom stereocenters. The van der Waals surface area contributed by atoms with Crippen molar-refractivity contribution in [1.29, 1.82) is 5.26 Å². The van der Waals surface area contributed by atoms with E-state index in [1.165, 1.54) is 0 Å². The maximum absolute atomic E-state index is 10.5. The summed E-state index contributed by atoms with van der Waals surface area (Å²) >= 11 is 0. The molecule has 2 heterocycles. The maximum atomic E-state index is 10.5. The third kappa shape index (κ3) is 4.07. The minimum Gasteiger partial charge on any atom is -0.437 e. The van der Waals surface area contributed by atoms with Crippen LogP contribution in [0.5, 0.6) is 11.6 Å². The highest BCUT2D eigenvalue weighted by atomic mass is 16.5. The Morgan fingerprint density at radius 2 is 1.97 bits per heavy atom. The van der Waals surface area contributed by atoms with Crippen molar-refractivity contribution in [2.75, 3.05) is 0 Å². The van der Waals surface area contributed by atoms with Gasteiger partial charge in [0.2, 0.25) is 5.88 Å². The number of hydrogen-bond acceptors (Lipinski definition) is 7. The molecule has 0 bridgehead atoms. The normalized spacial score (nSPS) is 17.3. The Bertz CT molecular complexity index is 1360. The molecule has 0 fully saturated rings. The number of nitrogens with two attached hydrogens (primary N) is 1. The fourth-order valence-electron chi connectivity index (χ4n) is 4.00. The molecule has 0 saturated heterocycles. The van der Waals surface area contributed by atoms with Crippen LogP contribution in [0.15, 0.2) is 60.8 Å². The van der Waals surface area contributed by atoms with Crippen molar-refractivity contribution in [3.63, 3.8) is 0 Å². The van der Waals surface area contributed by atoms with Crippen molar-refractivity contribution in [1.82, 2.24) is 19.7 Å². The second-order valence-electron chi connectivity index (χ2n) is 8.02. The van der Waals surface area contributed by atoms with Gasteiger partial charge in [-0.3, -0.25) is 0 Å². The van der Waals surface area contributed by atoms with Gasteiger partial charge < -0.3 is 15.6 Å². The summed E-state index contributed by atoms with van der Waals surface area (Å²) in [5.74, 6) is 1.34. The lowest BCUT2D eigenvalue weighted by Gasteiger charge is -2.22. The van der Waals surface area contributed by atoms with E-state index in [1.807, 2.05) is 30.3 Å². The number of ether oxygens (including phenoxy) is 1. The molecular formula is C25H22N6O2. The molecule has 8 nitrogen and oxygen atoms in total. The number of aliphatic hydroxyl groups is 1. The number of aromatic nitrogens is 4. The van der Waals surface area contributed by atoms with Crippen LogP contribution in [-0.4, -0.2) is 30.9 Å². The van der Waals surface area contributed by atoms with Crippen molar-refractivity contribution >= 4 is 0 Å². The van der Waals surface area contributed by atoms with Gasteiger partial charge in [-0.15, -0.1) is 0 Å². The van der Waals surface area contributed by atoms with E-state index in [2.05, 4.69) is 21.1 Å². The van der Waals surface area contributed by atoms with Crippen LogP contribution in [0.1, 0.15) is 35.2 Å². The first-order valence-corrected chi connectivity index (χ1v) is 10.7. The number of hydrogen-bond donors (Lipinski definition) is 2. The van der Waals surface area contributed by atoms with E-state index in [0.717, 1.165) is 17.0 Å². The van der Waals surface area contributed by atoms with E-state index in [4.69, 9.17) is 10.5 Å². The Balaban J connectivity index is 1.56. The van der Waals surface area contributed by atoms with Gasteiger partial charge in [0, 0.05) is 35.5 Å². The van der Waals surface area contributed by atoms with E-state index in [0.29, 0.717) is 47.1 Å². The number of aliphatic hydroxyl groups excluding tert-OH is 1. The molecule has 1 aliphatic carbocycles. The zero-order valence-electron chi connectivity index (χ0n) is 18.0. The highest BCUT2D eigenvalue weighted by molar-refractivity contribution is 5.60. The van der Waals surface area contributed by atoms with Gasteiger partial charge in [-0.2, -0.15) is 15.3 Å². The topological polar surface area (TPSA) is 123 Å². The van der Waals surface area contributed by atoms with Crippen LogP contribution in [0.25, 0.3) is 16.9 Å². The van der Waals surface area contributed by atoms with Gasteiger partial charge in [-0.25, -0.2) is 9.67 Å². The standard InChI is InChI=1S/C25H22N6O2/c1-15-28-21(17-5-3-2-4-6-17)12-24(29-15)33-23-11-16(13-26)7-10-22(23)31-14-18-20(30-31)9-8-19(27)25(18)32/h2-7,10-12,14,19,25,32H,8-9,27H2,1H3. The highest BCUT2D eigenvalue weighted by Gasteiger charge is 2.28. The molecule has 2 atom stereocenters. The molecule has 1 aliphatic rings. The van der Waals surface area contributed by atoms with Crippen LogP contribution in [0.4, 0.5) is 0 Å². The Hall–Kier alpha value is -4.06. The predicted molar refractivity (Wildman–Crippen MR) is 122 cm³/mol. The number of fused-ring (bicyclic) bond motifs is 1. The number of rotatable bonds is 4. The molecule has 0 amide bonds. The Morgan fingerprint density at radius 3 is 2.76 bits per heavy atom. The van der Waals surface area contributed by atoms with Crippen LogP contribution in [0, 0.1) is 18.3 Å². The van der Waals surface area contributed by atoms with E-state index < -0.39 is 6.10 Å². The second kappa shape index (κ2) is 8.47. The predicted octanol–water partition coefficient (Wildman–Crippen LogP) is 3.61. The molecular weight excluding hydrogens is 416 g/mol. The minimum atomic E-state index is -0.761. The van der Waals surface area contributed by atoms with E-state index in [1.54, 1.807) is 42.1 Å². The fourth-order valence-corrected chi connectivity index (χ4v) is 4.00. The lowest BCUT2D eigenvalue weighted by molar-refractivity contribution is 0.133. The van der Waals surface area contributed by atoms with Crippen LogP contribution >= 0.6 is 0 Å². The minimum absolute atomic E-state index is 0.313. The van der Waals surface area contributed by atoms with Gasteiger partial charge in [-0.1, -0.05) is 30.3 Å². The van der Waals surface area contributed by atoms with Gasteiger partial charge in [0.1, 0.15) is 11.5 Å². The van der Waals surface area contributed by atoms with Crippen molar-refractivity contribution < 1.29 is 9.84 Å². The molecule has 2 aromatic carbocycles. The van der Waals surface area contributed by atoms with Crippen molar-refractivity contribution in [3.8, 4) is 34.6 Å². The van der Waals surface area contributed by atoms with Gasteiger partial charge >= 0.3 is 0 Å². The van der Waals surface area contributed by atoms with E-state index in [9.17, 15) is 10.4 Å². The number of aryl methyl sites for hydroxylation is 2. The Kier molecular flexibility index (Phi) is 5.34. The molecule has 0 saturated carbocycles. The monoisotopic (exact) mass is 438 g/mol. The van der Waals surface area contributed by atoms with Crippen molar-refractivity contribution in [2.24, 2.45) is 5.73 Å². The average Bonchev–Trinajstić information content (AvgIpc) is 3.26. The quantitative estimate of drug-likeness (QED) is 0.499. The largest absolute Gasteiger partial charge is 0.437 e. The first kappa shape index (κ1) is 20.8. The summed E-state index contributed by atoms with van der Waals surface area (Å²) in [7, 11) is 0. The second-order valence-corrected chi connectivity index (χ2v) is 8.02. The maximum Gasteiger partial charge on any atom is 0.223 e. The van der Waals surface area contributed by atoms with Crippen molar-refractivity contribution in [3.05, 3.63) is 83.4 Å². The van der Waals surface area contributed by atoms with Crippen LogP contribution in [0.3, 0.4) is 0 Å². The summed E-state index contributed by atoms with van der Waals surface area (Å²) in [5.41, 5.74) is 10.3. The zero-order valence-corrected chi connectivity index (χ0v) is 18.0. The smallest absolute Gasteiger partial charge is 0.223 e. The SMILES string of the molecule is Cc1nc(Oc2cc(C#N)ccc2-n2cc3c(n2)CCC(N)C3O)cc(-c2ccccc2)n1. The van der Waals surface area contributed by atoms with Gasteiger partial charge in [0.25, 0.3) is 0 Å². The molecule has 5 rings (SSSR count). The summed E-state index contributed by atoms with van der Waals surface area (Å²) in [5, 5.41) is 24.6. The molecule has 0 radical (unpaired) electrons. The fraction of sp³-hybridized carbons (Fsp3) is 0.200. The van der Waals surface area contributed by atoms with E-state index in [-0.39, 0.29) is 6.04 Å². The lowest BCUT2D eigenvalue weighted by atomic mass is 9.91. The number of nitrogens with zero attached hydrogens (tertiary/aromatic N) is 5. The van der Waals surface area contributed by atoms with Crippen LogP contribution in [-0.2, 0) is 6.42 Å². The Labute approximate surface area is 190 Å². The van der Waals surface area contributed by atoms with Crippen molar-refractivity contribution in [2.45, 2.75) is 31.9 Å². The molecule has 4 aromatic rings. The highest BCUT2D eigenvalue weighted by Crippen LogP contribution is 2.33. The first-order valence-electron chi connectivity index (χ1n) is 10.7. The summed E-state index contributed by atoms with van der Waals surface area (Å²) in [6.07, 6.45) is 2.37. The van der Waals surface area contributed by atoms with Gasteiger partial charge in [-0.05, 0) is 31.9 Å². The van der Waals surface area contributed by atoms with Gasteiger partial charge in [0.15, 0.2) is 5.75 Å². The number of benzene rings is 2. The third-order valence-electron chi connectivity index (χ3n) is 5.70. The summed E-state index contributed by atoms with van der Waals surface area (Å²) < 4.78 is 7.84. The molecule has 164 valence electrons. The molecule has 2 aromatic heterocycles. The lowest BCUT2D eigenvalue weighted by Crippen LogP contribution is -2.32. The van der Waals surface area contributed by atoms with Crippen LogP contribution < -0.4 is 10.5 Å². The summed E-state index contributed by atoms with van der Waals surface area (Å²) in [4.78, 5) is 8.95. The number of nitriles is 1. The average molecular weight is 438 g/mol. The summed E-state index contributed by atoms with van der Waals surface area (Å²) in [6.45, 7) is 1.80.